The smallest absolute Gasteiger partial charge is 0.278 e. The van der Waals surface area contributed by atoms with Crippen molar-refractivity contribution in [3.8, 4) is 17.1 Å². The van der Waals surface area contributed by atoms with Crippen molar-refractivity contribution in [2.45, 2.75) is 6.92 Å². The van der Waals surface area contributed by atoms with Crippen molar-refractivity contribution in [2.75, 3.05) is 0 Å². The van der Waals surface area contributed by atoms with Crippen molar-refractivity contribution >= 4 is 11.2 Å². The molecule has 0 aliphatic rings. The van der Waals surface area contributed by atoms with Gasteiger partial charge in [0.25, 0.3) is 5.56 Å². The van der Waals surface area contributed by atoms with Crippen molar-refractivity contribution in [2.24, 2.45) is 7.05 Å². The van der Waals surface area contributed by atoms with Crippen molar-refractivity contribution in [1.29, 1.82) is 0 Å². The van der Waals surface area contributed by atoms with E-state index in [0.29, 0.717) is 17.0 Å². The first-order valence-corrected chi connectivity index (χ1v) is 7.17. The predicted molar refractivity (Wildman–Crippen MR) is 86.4 cm³/mol. The molecule has 3 heterocycles. The molecule has 3 aromatic heterocycles. The lowest BCUT2D eigenvalue weighted by molar-refractivity contribution is 0.846. The van der Waals surface area contributed by atoms with Crippen LogP contribution >= 0.6 is 0 Å². The Hall–Kier alpha value is -3.22. The third-order valence-corrected chi connectivity index (χ3v) is 3.91. The number of aromatic nitrogens is 6. The number of hydrogen-bond acceptors (Lipinski definition) is 4. The summed E-state index contributed by atoms with van der Waals surface area (Å²) in [7, 11) is 1.84. The summed E-state index contributed by atoms with van der Waals surface area (Å²) < 4.78 is 3.66. The van der Waals surface area contributed by atoms with E-state index >= 15 is 0 Å². The van der Waals surface area contributed by atoms with Gasteiger partial charge in [-0.05, 0) is 19.1 Å². The number of fused-ring (bicyclic) bond motifs is 1. The molecule has 4 rings (SSSR count). The summed E-state index contributed by atoms with van der Waals surface area (Å²) in [6, 6.07) is 9.88. The highest BCUT2D eigenvalue weighted by Gasteiger charge is 2.18. The minimum atomic E-state index is -0.245. The highest BCUT2D eigenvalue weighted by molar-refractivity contribution is 5.76. The van der Waals surface area contributed by atoms with Crippen LogP contribution in [0.15, 0.2) is 47.7 Å². The van der Waals surface area contributed by atoms with E-state index in [1.165, 1.54) is 6.33 Å². The standard InChI is InChI=1S/C16H14N6O/c1-10-12(8-19-22(10)11-6-4-3-5-7-11)14-20-13-15(21(14)2)17-9-18-16(13)23/h3-9H,1-2H3,(H,17,18,23). The molecule has 0 atom stereocenters. The highest BCUT2D eigenvalue weighted by Crippen LogP contribution is 2.25. The molecule has 0 radical (unpaired) electrons. The Balaban J connectivity index is 1.93. The van der Waals surface area contributed by atoms with Crippen LogP contribution in [0.3, 0.4) is 0 Å². The molecule has 0 unspecified atom stereocenters. The molecule has 0 aliphatic carbocycles. The number of benzene rings is 1. The molecule has 23 heavy (non-hydrogen) atoms. The fourth-order valence-corrected chi connectivity index (χ4v) is 2.71. The Bertz CT molecular complexity index is 1060. The summed E-state index contributed by atoms with van der Waals surface area (Å²) in [5, 5.41) is 4.45. The molecule has 0 saturated carbocycles. The zero-order chi connectivity index (χ0) is 16.0. The fraction of sp³-hybridized carbons (Fsp3) is 0.125. The molecule has 7 heteroatoms. The molecule has 4 aromatic rings. The predicted octanol–water partition coefficient (Wildman–Crippen LogP) is 1.82. The third-order valence-electron chi connectivity index (χ3n) is 3.91. The normalized spacial score (nSPS) is 11.2. The molecule has 114 valence electrons. The lowest BCUT2D eigenvalue weighted by Crippen LogP contribution is -2.06. The molecular formula is C16H14N6O. The van der Waals surface area contributed by atoms with E-state index in [0.717, 1.165) is 16.9 Å². The van der Waals surface area contributed by atoms with E-state index in [-0.39, 0.29) is 5.56 Å². The number of nitrogens with one attached hydrogen (secondary N) is 1. The van der Waals surface area contributed by atoms with Crippen LogP contribution < -0.4 is 5.56 Å². The Labute approximate surface area is 131 Å². The van der Waals surface area contributed by atoms with Crippen LogP contribution in [0.5, 0.6) is 0 Å². The van der Waals surface area contributed by atoms with Gasteiger partial charge >= 0.3 is 0 Å². The Morgan fingerprint density at radius 1 is 1.17 bits per heavy atom. The van der Waals surface area contributed by atoms with E-state index in [1.54, 1.807) is 6.20 Å². The number of aryl methyl sites for hydroxylation is 1. The van der Waals surface area contributed by atoms with Gasteiger partial charge in [0.15, 0.2) is 11.2 Å². The van der Waals surface area contributed by atoms with E-state index in [1.807, 2.05) is 53.6 Å². The van der Waals surface area contributed by atoms with Gasteiger partial charge in [0.2, 0.25) is 0 Å². The van der Waals surface area contributed by atoms with Crippen molar-refractivity contribution in [3.05, 3.63) is 58.9 Å². The topological polar surface area (TPSA) is 81.4 Å². The first-order chi connectivity index (χ1) is 11.2. The number of rotatable bonds is 2. The number of H-pyrrole nitrogens is 1. The summed E-state index contributed by atoms with van der Waals surface area (Å²) in [6.07, 6.45) is 3.15. The Morgan fingerprint density at radius 3 is 2.70 bits per heavy atom. The average molecular weight is 306 g/mol. The minimum Gasteiger partial charge on any atom is -0.311 e. The molecule has 1 N–H and O–H groups in total. The molecule has 7 nitrogen and oxygen atoms in total. The maximum absolute atomic E-state index is 11.9. The van der Waals surface area contributed by atoms with Gasteiger partial charge in [-0.2, -0.15) is 5.10 Å². The van der Waals surface area contributed by atoms with Gasteiger partial charge in [-0.15, -0.1) is 0 Å². The van der Waals surface area contributed by atoms with Gasteiger partial charge < -0.3 is 9.55 Å². The van der Waals surface area contributed by atoms with E-state index in [4.69, 9.17) is 0 Å². The van der Waals surface area contributed by atoms with E-state index in [9.17, 15) is 4.79 Å². The van der Waals surface area contributed by atoms with Crippen LogP contribution in [-0.4, -0.2) is 29.3 Å². The van der Waals surface area contributed by atoms with Crippen molar-refractivity contribution < 1.29 is 0 Å². The second kappa shape index (κ2) is 4.91. The maximum atomic E-state index is 11.9. The fourth-order valence-electron chi connectivity index (χ4n) is 2.71. The molecule has 1 aromatic carbocycles. The number of imidazole rings is 1. The SMILES string of the molecule is Cc1c(-c2nc3c(=O)[nH]cnc3n2C)cnn1-c1ccccc1. The molecule has 0 aliphatic heterocycles. The summed E-state index contributed by atoms with van der Waals surface area (Å²) in [5.74, 6) is 0.670. The summed E-state index contributed by atoms with van der Waals surface area (Å²) in [5.41, 5.74) is 3.43. The summed E-state index contributed by atoms with van der Waals surface area (Å²) >= 11 is 0. The second-order valence-corrected chi connectivity index (χ2v) is 5.29. The number of aromatic amines is 1. The van der Waals surface area contributed by atoms with Crippen LogP contribution in [0, 0.1) is 6.92 Å². The first-order valence-electron chi connectivity index (χ1n) is 7.17. The number of para-hydroxylation sites is 1. The summed E-state index contributed by atoms with van der Waals surface area (Å²) in [6.45, 7) is 1.98. The molecule has 0 spiro atoms. The average Bonchev–Trinajstić information content (AvgIpc) is 3.10. The molecule has 0 fully saturated rings. The molecule has 0 saturated heterocycles. The van der Waals surface area contributed by atoms with E-state index in [2.05, 4.69) is 20.1 Å². The minimum absolute atomic E-state index is 0.245. The number of nitrogens with zero attached hydrogens (tertiary/aromatic N) is 5. The molecular weight excluding hydrogens is 292 g/mol. The lowest BCUT2D eigenvalue weighted by Gasteiger charge is -2.05. The maximum Gasteiger partial charge on any atom is 0.278 e. The Morgan fingerprint density at radius 2 is 1.96 bits per heavy atom. The molecule has 0 bridgehead atoms. The van der Waals surface area contributed by atoms with Gasteiger partial charge in [-0.1, -0.05) is 18.2 Å². The highest BCUT2D eigenvalue weighted by atomic mass is 16.1. The monoisotopic (exact) mass is 306 g/mol. The van der Waals surface area contributed by atoms with Gasteiger partial charge in [0.1, 0.15) is 5.82 Å². The zero-order valence-electron chi connectivity index (χ0n) is 12.7. The lowest BCUT2D eigenvalue weighted by atomic mass is 10.2. The second-order valence-electron chi connectivity index (χ2n) is 5.29. The Kier molecular flexibility index (Phi) is 2.87. The van der Waals surface area contributed by atoms with Gasteiger partial charge in [0, 0.05) is 7.05 Å². The van der Waals surface area contributed by atoms with Crippen molar-refractivity contribution in [3.63, 3.8) is 0 Å². The van der Waals surface area contributed by atoms with Crippen LogP contribution in [-0.2, 0) is 7.05 Å². The quantitative estimate of drug-likeness (QED) is 0.612. The van der Waals surface area contributed by atoms with Crippen molar-refractivity contribution in [1.82, 2.24) is 29.3 Å². The van der Waals surface area contributed by atoms with Crippen LogP contribution in [0.4, 0.5) is 0 Å². The zero-order valence-corrected chi connectivity index (χ0v) is 12.7. The third kappa shape index (κ3) is 1.97. The largest absolute Gasteiger partial charge is 0.311 e. The number of hydrogen-bond donors (Lipinski definition) is 1. The first kappa shape index (κ1) is 13.4. The van der Waals surface area contributed by atoms with Crippen LogP contribution in [0.2, 0.25) is 0 Å². The molecule has 0 amide bonds. The van der Waals surface area contributed by atoms with Crippen LogP contribution in [0.1, 0.15) is 5.69 Å². The van der Waals surface area contributed by atoms with Crippen LogP contribution in [0.25, 0.3) is 28.2 Å². The van der Waals surface area contributed by atoms with Gasteiger partial charge in [0.05, 0.1) is 29.5 Å². The summed E-state index contributed by atoms with van der Waals surface area (Å²) in [4.78, 5) is 23.1. The van der Waals surface area contributed by atoms with Gasteiger partial charge in [-0.25, -0.2) is 14.6 Å². The van der Waals surface area contributed by atoms with E-state index < -0.39 is 0 Å². The van der Waals surface area contributed by atoms with Gasteiger partial charge in [-0.3, -0.25) is 4.79 Å².